The first kappa shape index (κ1) is 13.2. The number of hydrogen-bond donors (Lipinski definition) is 1. The van der Waals surface area contributed by atoms with Gasteiger partial charge in [-0.3, -0.25) is 0 Å². The average molecular weight is 194 g/mol. The predicted octanol–water partition coefficient (Wildman–Crippen LogP) is 3.47. The number of allylic oxidation sites excluding steroid dienone is 5. The quantitative estimate of drug-likeness (QED) is 0.374. The zero-order valence-corrected chi connectivity index (χ0v) is 9.37. The van der Waals surface area contributed by atoms with E-state index in [1.54, 1.807) is 0 Å². The van der Waals surface area contributed by atoms with Crippen LogP contribution in [0.5, 0.6) is 0 Å². The summed E-state index contributed by atoms with van der Waals surface area (Å²) in [5.41, 5.74) is 1.32. The molecule has 0 bridgehead atoms. The van der Waals surface area contributed by atoms with Crippen LogP contribution in [0.2, 0.25) is 0 Å². The average Bonchev–Trinajstić information content (AvgIpc) is 2.17. The van der Waals surface area contributed by atoms with Crippen molar-refractivity contribution in [1.29, 1.82) is 0 Å². The van der Waals surface area contributed by atoms with Crippen LogP contribution in [0, 0.1) is 5.92 Å². The Hall–Kier alpha value is -0.820. The second-order valence-electron chi connectivity index (χ2n) is 3.80. The molecule has 0 saturated carbocycles. The summed E-state index contributed by atoms with van der Waals surface area (Å²) < 4.78 is 0. The fraction of sp³-hybridized carbons (Fsp3) is 0.538. The summed E-state index contributed by atoms with van der Waals surface area (Å²) in [4.78, 5) is 0. The number of aliphatic hydroxyl groups excluding tert-OH is 1. The Labute approximate surface area is 87.8 Å². The minimum Gasteiger partial charge on any atom is -0.396 e. The molecule has 0 aromatic rings. The van der Waals surface area contributed by atoms with E-state index in [-0.39, 0.29) is 6.61 Å². The molecule has 0 rings (SSSR count). The second kappa shape index (κ2) is 8.76. The minimum absolute atomic E-state index is 0.269. The molecule has 1 nitrogen and oxygen atoms in total. The lowest BCUT2D eigenvalue weighted by Crippen LogP contribution is -2.00. The summed E-state index contributed by atoms with van der Waals surface area (Å²) in [7, 11) is 0. The Morgan fingerprint density at radius 2 is 2.14 bits per heavy atom. The van der Waals surface area contributed by atoms with Gasteiger partial charge in [0.1, 0.15) is 0 Å². The number of unbranched alkanes of at least 4 members (excludes halogenated alkanes) is 1. The van der Waals surface area contributed by atoms with Gasteiger partial charge in [0, 0.05) is 6.61 Å². The van der Waals surface area contributed by atoms with Crippen molar-refractivity contribution < 1.29 is 5.11 Å². The fourth-order valence-electron chi connectivity index (χ4n) is 1.22. The van der Waals surface area contributed by atoms with E-state index in [9.17, 15) is 0 Å². The zero-order valence-electron chi connectivity index (χ0n) is 9.37. The van der Waals surface area contributed by atoms with Crippen molar-refractivity contribution in [1.82, 2.24) is 0 Å². The third kappa shape index (κ3) is 7.81. The molecule has 0 aliphatic carbocycles. The summed E-state index contributed by atoms with van der Waals surface area (Å²) in [5, 5.41) is 8.87. The van der Waals surface area contributed by atoms with Crippen LogP contribution < -0.4 is 0 Å². The lowest BCUT2D eigenvalue weighted by Gasteiger charge is -2.06. The summed E-state index contributed by atoms with van der Waals surface area (Å²) in [6.45, 7) is 8.09. The van der Waals surface area contributed by atoms with Crippen molar-refractivity contribution in [2.75, 3.05) is 6.61 Å². The molecule has 0 aliphatic rings. The molecule has 1 heteroatoms. The Balaban J connectivity index is 3.74. The van der Waals surface area contributed by atoms with Crippen molar-refractivity contribution >= 4 is 0 Å². The maximum atomic E-state index is 8.87. The summed E-state index contributed by atoms with van der Waals surface area (Å²) in [5.74, 6) is 0.368. The smallest absolute Gasteiger partial charge is 0.0459 e. The normalized spacial score (nSPS) is 14.6. The number of hydrogen-bond acceptors (Lipinski definition) is 1. The Bertz CT molecular complexity index is 201. The molecule has 0 aliphatic heterocycles. The molecule has 0 radical (unpaired) electrons. The van der Waals surface area contributed by atoms with Gasteiger partial charge < -0.3 is 5.11 Å². The van der Waals surface area contributed by atoms with E-state index < -0.39 is 0 Å². The van der Waals surface area contributed by atoms with Gasteiger partial charge >= 0.3 is 0 Å². The van der Waals surface area contributed by atoms with Gasteiger partial charge in [-0.25, -0.2) is 0 Å². The SMILES string of the molecule is C=CCC/C=C/C=C(\C)C[C@@H](C)CO. The molecular formula is C13H22O. The van der Waals surface area contributed by atoms with Crippen LogP contribution in [0.1, 0.15) is 33.1 Å². The van der Waals surface area contributed by atoms with E-state index in [0.717, 1.165) is 19.3 Å². The third-order valence-corrected chi connectivity index (χ3v) is 2.04. The first-order valence-electron chi connectivity index (χ1n) is 5.24. The van der Waals surface area contributed by atoms with E-state index >= 15 is 0 Å². The summed E-state index contributed by atoms with van der Waals surface area (Å²) in [6.07, 6.45) is 11.4. The maximum Gasteiger partial charge on any atom is 0.0459 e. The van der Waals surface area contributed by atoms with Gasteiger partial charge in [0.25, 0.3) is 0 Å². The summed E-state index contributed by atoms with van der Waals surface area (Å²) >= 11 is 0. The van der Waals surface area contributed by atoms with Gasteiger partial charge in [-0.2, -0.15) is 0 Å². The lowest BCUT2D eigenvalue weighted by molar-refractivity contribution is 0.237. The Morgan fingerprint density at radius 1 is 1.43 bits per heavy atom. The molecule has 0 spiro atoms. The van der Waals surface area contributed by atoms with Crippen molar-refractivity contribution in [3.05, 3.63) is 36.5 Å². The molecule has 1 atom stereocenters. The molecule has 80 valence electrons. The topological polar surface area (TPSA) is 20.2 Å². The van der Waals surface area contributed by atoms with Crippen molar-refractivity contribution in [3.63, 3.8) is 0 Å². The molecule has 0 fully saturated rings. The van der Waals surface area contributed by atoms with Gasteiger partial charge in [0.15, 0.2) is 0 Å². The van der Waals surface area contributed by atoms with E-state index in [0.29, 0.717) is 5.92 Å². The molecule has 14 heavy (non-hydrogen) atoms. The molecular weight excluding hydrogens is 172 g/mol. The third-order valence-electron chi connectivity index (χ3n) is 2.04. The van der Waals surface area contributed by atoms with Crippen LogP contribution in [0.25, 0.3) is 0 Å². The molecule has 0 unspecified atom stereocenters. The predicted molar refractivity (Wildman–Crippen MR) is 63.2 cm³/mol. The van der Waals surface area contributed by atoms with Gasteiger partial charge in [-0.1, -0.05) is 36.8 Å². The molecule has 0 amide bonds. The van der Waals surface area contributed by atoms with E-state index in [1.807, 2.05) is 6.08 Å². The van der Waals surface area contributed by atoms with E-state index in [1.165, 1.54) is 5.57 Å². The monoisotopic (exact) mass is 194 g/mol. The molecule has 1 N–H and O–H groups in total. The fourth-order valence-corrected chi connectivity index (χ4v) is 1.22. The molecule has 0 aromatic carbocycles. The van der Waals surface area contributed by atoms with Crippen molar-refractivity contribution in [3.8, 4) is 0 Å². The van der Waals surface area contributed by atoms with Crippen LogP contribution in [0.3, 0.4) is 0 Å². The lowest BCUT2D eigenvalue weighted by atomic mass is 10.0. The second-order valence-corrected chi connectivity index (χ2v) is 3.80. The minimum atomic E-state index is 0.269. The van der Waals surface area contributed by atoms with E-state index in [2.05, 4.69) is 38.7 Å². The Morgan fingerprint density at radius 3 is 2.71 bits per heavy atom. The zero-order chi connectivity index (χ0) is 10.8. The highest BCUT2D eigenvalue weighted by Gasteiger charge is 1.99. The Kier molecular flexibility index (Phi) is 8.25. The van der Waals surface area contributed by atoms with Gasteiger partial charge in [0.2, 0.25) is 0 Å². The van der Waals surface area contributed by atoms with Crippen LogP contribution in [0.4, 0.5) is 0 Å². The highest BCUT2D eigenvalue weighted by atomic mass is 16.3. The first-order chi connectivity index (χ1) is 6.70. The van der Waals surface area contributed by atoms with Gasteiger partial charge in [-0.05, 0) is 32.1 Å². The maximum absolute atomic E-state index is 8.87. The van der Waals surface area contributed by atoms with E-state index in [4.69, 9.17) is 5.11 Å². The highest BCUT2D eigenvalue weighted by molar-refractivity contribution is 5.10. The first-order valence-corrected chi connectivity index (χ1v) is 5.24. The van der Waals surface area contributed by atoms with Crippen LogP contribution in [-0.4, -0.2) is 11.7 Å². The molecule has 0 aromatic heterocycles. The van der Waals surface area contributed by atoms with Crippen molar-refractivity contribution in [2.45, 2.75) is 33.1 Å². The molecule has 0 heterocycles. The number of aliphatic hydroxyl groups is 1. The standard InChI is InChI=1S/C13H22O/c1-4-5-6-7-8-9-12(2)10-13(3)11-14/h4,7-9,13-14H,1,5-6,10-11H2,2-3H3/b8-7+,12-9+/t13-/m1/s1. The summed E-state index contributed by atoms with van der Waals surface area (Å²) in [6, 6.07) is 0. The van der Waals surface area contributed by atoms with Crippen molar-refractivity contribution in [2.24, 2.45) is 5.92 Å². The van der Waals surface area contributed by atoms with Crippen LogP contribution in [0.15, 0.2) is 36.5 Å². The number of rotatable bonds is 7. The van der Waals surface area contributed by atoms with Gasteiger partial charge in [-0.15, -0.1) is 6.58 Å². The van der Waals surface area contributed by atoms with Crippen LogP contribution in [-0.2, 0) is 0 Å². The van der Waals surface area contributed by atoms with Crippen LogP contribution >= 0.6 is 0 Å². The van der Waals surface area contributed by atoms with Gasteiger partial charge in [0.05, 0.1) is 0 Å². The highest BCUT2D eigenvalue weighted by Crippen LogP contribution is 2.09. The molecule has 0 saturated heterocycles. The largest absolute Gasteiger partial charge is 0.396 e.